The number of carbonyl (C=O) groups is 1. The van der Waals surface area contributed by atoms with E-state index in [4.69, 9.17) is 18.0 Å². The molecule has 0 bridgehead atoms. The van der Waals surface area contributed by atoms with Crippen molar-refractivity contribution in [1.82, 2.24) is 0 Å². The van der Waals surface area contributed by atoms with E-state index in [1.54, 1.807) is 13.8 Å². The molecule has 0 aromatic rings. The maximum absolute atomic E-state index is 12.0. The van der Waals surface area contributed by atoms with E-state index in [-0.39, 0.29) is 6.61 Å². The largest absolute Gasteiger partial charge is 0.516 e. The quantitative estimate of drug-likeness (QED) is 0.296. The summed E-state index contributed by atoms with van der Waals surface area (Å²) >= 11 is 0. The molecule has 2 atom stereocenters. The second kappa shape index (κ2) is 10.3. The maximum atomic E-state index is 12.0. The highest BCUT2D eigenvalue weighted by atomic mass is 28.4. The molecule has 9 heteroatoms. The molecule has 0 saturated carbocycles. The first kappa shape index (κ1) is 25.7. The zero-order valence-electron chi connectivity index (χ0n) is 18.0. The van der Waals surface area contributed by atoms with E-state index in [9.17, 15) is 9.90 Å². The van der Waals surface area contributed by atoms with Crippen LogP contribution in [0, 0.1) is 0 Å². The zero-order valence-corrected chi connectivity index (χ0v) is 21.4. The molecule has 0 aliphatic carbocycles. The Kier molecular flexibility index (Phi) is 10.2. The van der Waals surface area contributed by atoms with E-state index < -0.39 is 50.0 Å². The number of carbonyl (C=O) groups excluding carboxylic acids is 1. The number of aliphatic hydroxyl groups excluding tert-OH is 1. The van der Waals surface area contributed by atoms with Gasteiger partial charge in [-0.2, -0.15) is 0 Å². The molecule has 0 heterocycles. The Morgan fingerprint density at radius 2 is 1.62 bits per heavy atom. The van der Waals surface area contributed by atoms with E-state index in [0.717, 1.165) is 0 Å². The zero-order chi connectivity index (χ0) is 20.8. The van der Waals surface area contributed by atoms with Crippen molar-refractivity contribution in [2.45, 2.75) is 84.1 Å². The predicted octanol–water partition coefficient (Wildman–Crippen LogP) is 2.72. The summed E-state index contributed by atoms with van der Waals surface area (Å²) in [5.41, 5.74) is -0.714. The average Bonchev–Trinajstić information content (AvgIpc) is 2.41. The average molecular weight is 423 g/mol. The molecule has 2 unspecified atom stereocenters. The van der Waals surface area contributed by atoms with Gasteiger partial charge in [-0.15, -0.1) is 0 Å². The summed E-state index contributed by atoms with van der Waals surface area (Å²) in [7, 11) is -5.73. The Bertz CT molecular complexity index is 452. The van der Waals surface area contributed by atoms with Crippen LogP contribution in [-0.2, 0) is 22.8 Å². The molecule has 1 N–H and O–H groups in total. The fraction of sp³-hybridized carbons (Fsp3) is 0.824. The SMILES string of the molecule is C=C(C)C(=O)O[SiH2]C(O[Si](C)(C)C)(O[Si](C)(C)C)C(CC)OCC(C)O. The Balaban J connectivity index is 5.88. The molecular formula is C17H38O6Si3. The van der Waals surface area contributed by atoms with Crippen molar-refractivity contribution in [3.8, 4) is 0 Å². The topological polar surface area (TPSA) is 74.2 Å². The van der Waals surface area contributed by atoms with Gasteiger partial charge in [0, 0.05) is 5.57 Å². The third-order valence-electron chi connectivity index (χ3n) is 3.11. The minimum Gasteiger partial charge on any atom is -0.516 e. The summed E-state index contributed by atoms with van der Waals surface area (Å²) in [6.07, 6.45) is -0.389. The van der Waals surface area contributed by atoms with Gasteiger partial charge in [0.2, 0.25) is 0 Å². The van der Waals surface area contributed by atoms with Gasteiger partial charge in [-0.1, -0.05) is 13.5 Å². The molecule has 0 aliphatic rings. The second-order valence-corrected chi connectivity index (χ2v) is 19.1. The van der Waals surface area contributed by atoms with Gasteiger partial charge in [-0.05, 0) is 59.6 Å². The summed E-state index contributed by atoms with van der Waals surface area (Å²) in [4.78, 5) is 12.0. The number of rotatable bonds is 12. The summed E-state index contributed by atoms with van der Waals surface area (Å²) in [5.74, 6) is -0.426. The Labute approximate surface area is 163 Å². The van der Waals surface area contributed by atoms with Crippen molar-refractivity contribution in [3.63, 3.8) is 0 Å². The molecule has 154 valence electrons. The molecule has 0 rings (SSSR count). The van der Waals surface area contributed by atoms with E-state index >= 15 is 0 Å². The number of hydrogen-bond acceptors (Lipinski definition) is 6. The Hall–Kier alpha value is -0.299. The summed E-state index contributed by atoms with van der Waals surface area (Å²) in [6.45, 7) is 21.6. The first-order chi connectivity index (χ1) is 11.6. The van der Waals surface area contributed by atoms with Gasteiger partial charge in [0.25, 0.3) is 9.76 Å². The van der Waals surface area contributed by atoms with Crippen LogP contribution in [-0.4, -0.2) is 61.7 Å². The minimum absolute atomic E-state index is 0.174. The van der Waals surface area contributed by atoms with Crippen LogP contribution in [0.4, 0.5) is 0 Å². The summed E-state index contributed by atoms with van der Waals surface area (Å²) in [6, 6.07) is 0. The third-order valence-corrected chi connectivity index (χ3v) is 7.16. The number of aliphatic hydroxyl groups is 1. The fourth-order valence-corrected chi connectivity index (χ4v) is 9.18. The lowest BCUT2D eigenvalue weighted by molar-refractivity contribution is -0.175. The molecule has 0 saturated heterocycles. The molecule has 0 spiro atoms. The molecule has 0 aromatic carbocycles. The number of hydrogen-bond donors (Lipinski definition) is 1. The highest BCUT2D eigenvalue weighted by Crippen LogP contribution is 2.31. The van der Waals surface area contributed by atoms with E-state index in [2.05, 4.69) is 45.9 Å². The molecule has 0 aliphatic heterocycles. The van der Waals surface area contributed by atoms with Crippen LogP contribution in [0.15, 0.2) is 12.2 Å². The Morgan fingerprint density at radius 1 is 1.15 bits per heavy atom. The summed E-state index contributed by atoms with van der Waals surface area (Å²) < 4.78 is 24.6. The van der Waals surface area contributed by atoms with Crippen LogP contribution in [0.1, 0.15) is 27.2 Å². The van der Waals surface area contributed by atoms with Crippen LogP contribution in [0.5, 0.6) is 0 Å². The van der Waals surface area contributed by atoms with Gasteiger partial charge < -0.3 is 23.1 Å². The first-order valence-corrected chi connectivity index (χ1v) is 17.2. The molecule has 0 aromatic heterocycles. The van der Waals surface area contributed by atoms with E-state index in [1.807, 2.05) is 6.92 Å². The van der Waals surface area contributed by atoms with Crippen molar-refractivity contribution in [2.75, 3.05) is 6.61 Å². The molecule has 6 nitrogen and oxygen atoms in total. The van der Waals surface area contributed by atoms with Gasteiger partial charge >= 0.3 is 5.97 Å². The lowest BCUT2D eigenvalue weighted by Gasteiger charge is -2.46. The van der Waals surface area contributed by atoms with Crippen LogP contribution >= 0.6 is 0 Å². The standard InChI is InChI=1S/C17H38O6Si3/c1-11-15(20-12-14(4)18)17(22-25(5,6)7,23-26(8,9)10)24-21-16(19)13(2)3/h14-15,18H,2,11-12,24H2,1,3-10H3. The van der Waals surface area contributed by atoms with Crippen molar-refractivity contribution >= 4 is 32.4 Å². The van der Waals surface area contributed by atoms with Crippen LogP contribution < -0.4 is 0 Å². The van der Waals surface area contributed by atoms with Gasteiger partial charge in [-0.3, -0.25) is 0 Å². The lowest BCUT2D eigenvalue weighted by Crippen LogP contribution is -2.62. The van der Waals surface area contributed by atoms with Gasteiger partial charge in [0.15, 0.2) is 22.0 Å². The van der Waals surface area contributed by atoms with E-state index in [1.165, 1.54) is 0 Å². The maximum Gasteiger partial charge on any atom is 0.319 e. The lowest BCUT2D eigenvalue weighted by atomic mass is 10.2. The Morgan fingerprint density at radius 3 is 1.92 bits per heavy atom. The van der Waals surface area contributed by atoms with Crippen molar-refractivity contribution in [1.29, 1.82) is 0 Å². The fourth-order valence-electron chi connectivity index (χ4n) is 2.44. The van der Waals surface area contributed by atoms with Crippen LogP contribution in [0.25, 0.3) is 0 Å². The molecule has 0 fully saturated rings. The molecule has 0 amide bonds. The molecule has 26 heavy (non-hydrogen) atoms. The summed E-state index contributed by atoms with van der Waals surface area (Å²) in [5, 5.41) is 9.64. The minimum atomic E-state index is -2.05. The van der Waals surface area contributed by atoms with Gasteiger partial charge in [0.1, 0.15) is 6.10 Å². The van der Waals surface area contributed by atoms with Gasteiger partial charge in [0.05, 0.1) is 12.7 Å². The first-order valence-electron chi connectivity index (χ1n) is 9.14. The van der Waals surface area contributed by atoms with Crippen LogP contribution in [0.2, 0.25) is 39.3 Å². The highest BCUT2D eigenvalue weighted by Gasteiger charge is 2.49. The van der Waals surface area contributed by atoms with Crippen molar-refractivity contribution in [2.24, 2.45) is 0 Å². The van der Waals surface area contributed by atoms with E-state index in [0.29, 0.717) is 12.0 Å². The monoisotopic (exact) mass is 422 g/mol. The van der Waals surface area contributed by atoms with Gasteiger partial charge in [-0.25, -0.2) is 4.79 Å². The van der Waals surface area contributed by atoms with Crippen molar-refractivity contribution < 1.29 is 27.9 Å². The van der Waals surface area contributed by atoms with Crippen LogP contribution in [0.3, 0.4) is 0 Å². The molecular weight excluding hydrogens is 384 g/mol. The smallest absolute Gasteiger partial charge is 0.319 e. The predicted molar refractivity (Wildman–Crippen MR) is 113 cm³/mol. The van der Waals surface area contributed by atoms with Crippen molar-refractivity contribution in [3.05, 3.63) is 12.2 Å². The third kappa shape index (κ3) is 10.1. The second-order valence-electron chi connectivity index (χ2n) is 8.68. The molecule has 0 radical (unpaired) electrons. The normalized spacial score (nSPS) is 15.9. The highest BCUT2D eigenvalue weighted by molar-refractivity contribution is 6.72. The number of ether oxygens (including phenoxy) is 1.